The molecular weight excluding hydrogens is 334 g/mol. The molecule has 4 aliphatic rings. The molecule has 1 saturated heterocycles. The monoisotopic (exact) mass is 357 g/mol. The summed E-state index contributed by atoms with van der Waals surface area (Å²) in [5.41, 5.74) is 3.00. The molecule has 4 nitrogen and oxygen atoms in total. The zero-order valence-electron chi connectivity index (χ0n) is 14.7. The van der Waals surface area contributed by atoms with Gasteiger partial charge in [0.1, 0.15) is 5.75 Å². The summed E-state index contributed by atoms with van der Waals surface area (Å²) in [6, 6.07) is 4.54. The van der Waals surface area contributed by atoms with E-state index in [4.69, 9.17) is 4.74 Å². The molecule has 0 amide bonds. The summed E-state index contributed by atoms with van der Waals surface area (Å²) in [5, 5.41) is 0. The molecule has 2 bridgehead atoms. The number of Topliss-reactive ketones (excluding diaryl/α,β-unsaturated/α-hetero) is 2. The summed E-state index contributed by atoms with van der Waals surface area (Å²) < 4.78 is 6.33. The number of benzene rings is 1. The first kappa shape index (κ1) is 15.9. The van der Waals surface area contributed by atoms with Crippen molar-refractivity contribution in [3.05, 3.63) is 28.8 Å². The number of hydrogen-bond acceptors (Lipinski definition) is 5. The van der Waals surface area contributed by atoms with Gasteiger partial charge < -0.3 is 9.64 Å². The van der Waals surface area contributed by atoms with Crippen molar-refractivity contribution >= 4 is 23.3 Å². The van der Waals surface area contributed by atoms with E-state index in [1.165, 1.54) is 22.9 Å². The van der Waals surface area contributed by atoms with Gasteiger partial charge in [0.25, 0.3) is 0 Å². The van der Waals surface area contributed by atoms with Crippen molar-refractivity contribution < 1.29 is 14.3 Å². The van der Waals surface area contributed by atoms with Gasteiger partial charge in [0, 0.05) is 23.4 Å². The van der Waals surface area contributed by atoms with Gasteiger partial charge in [-0.1, -0.05) is 6.07 Å². The molecule has 2 heterocycles. The predicted molar refractivity (Wildman–Crippen MR) is 97.7 cm³/mol. The summed E-state index contributed by atoms with van der Waals surface area (Å²) in [6.07, 6.45) is 5.10. The smallest absolute Gasteiger partial charge is 0.176 e. The number of likely N-dealkylation sites (tertiary alicyclic amines) is 1. The molecule has 0 N–H and O–H groups in total. The van der Waals surface area contributed by atoms with E-state index >= 15 is 0 Å². The lowest BCUT2D eigenvalue weighted by Crippen LogP contribution is -2.65. The minimum absolute atomic E-state index is 0.111. The average Bonchev–Trinajstić information content (AvgIpc) is 2.95. The first-order valence-electron chi connectivity index (χ1n) is 9.16. The molecule has 0 unspecified atom stereocenters. The van der Waals surface area contributed by atoms with Crippen LogP contribution < -0.4 is 4.74 Å². The number of thioether (sulfide) groups is 1. The fourth-order valence-corrected chi connectivity index (χ4v) is 6.38. The third kappa shape index (κ3) is 1.89. The Hall–Kier alpha value is -1.33. The van der Waals surface area contributed by atoms with Gasteiger partial charge in [-0.2, -0.15) is 11.8 Å². The molecule has 1 saturated carbocycles. The van der Waals surface area contributed by atoms with Gasteiger partial charge in [-0.05, 0) is 56.7 Å². The van der Waals surface area contributed by atoms with Gasteiger partial charge in [-0.15, -0.1) is 0 Å². The second-order valence-electron chi connectivity index (χ2n) is 7.98. The van der Waals surface area contributed by atoms with E-state index in [2.05, 4.69) is 18.0 Å². The molecule has 4 atom stereocenters. The molecule has 5 rings (SSSR count). The lowest BCUT2D eigenvalue weighted by atomic mass is 9.51. The highest BCUT2D eigenvalue weighted by Gasteiger charge is 2.65. The second kappa shape index (κ2) is 5.34. The van der Waals surface area contributed by atoms with Crippen molar-refractivity contribution in [3.63, 3.8) is 0 Å². The maximum Gasteiger partial charge on any atom is 0.176 e. The van der Waals surface area contributed by atoms with Crippen LogP contribution in [-0.2, 0) is 16.6 Å². The Kier molecular flexibility index (Phi) is 3.39. The minimum Gasteiger partial charge on any atom is -0.481 e. The normalized spacial score (nSPS) is 35.3. The van der Waals surface area contributed by atoms with Crippen molar-refractivity contribution in [2.24, 2.45) is 5.92 Å². The van der Waals surface area contributed by atoms with Crippen LogP contribution >= 0.6 is 11.8 Å². The SMILES string of the molecule is CSCC(=O)c1ccc2c3c1O[C@H]1C(=O)CC[C@H]4[C@@H](C2)N(C)CC[C@]314. The van der Waals surface area contributed by atoms with Gasteiger partial charge >= 0.3 is 0 Å². The molecule has 0 aromatic heterocycles. The van der Waals surface area contributed by atoms with Crippen LogP contribution in [0.2, 0.25) is 0 Å². The van der Waals surface area contributed by atoms with E-state index in [1.807, 2.05) is 12.3 Å². The standard InChI is InChI=1S/C20H23NO3S/c1-21-8-7-20-13-5-6-15(22)19(20)24-18-12(16(23)10-25-2)4-3-11(17(18)20)9-14(13)21/h3-4,13-14,19H,5-10H2,1-2H3/t13-,14+,19-,20-/m0/s1. The third-order valence-electron chi connectivity index (χ3n) is 6.98. The number of ether oxygens (including phenoxy) is 1. The van der Waals surface area contributed by atoms with E-state index in [0.717, 1.165) is 31.6 Å². The van der Waals surface area contributed by atoms with Crippen LogP contribution in [0.15, 0.2) is 12.1 Å². The van der Waals surface area contributed by atoms with Gasteiger partial charge in [0.05, 0.1) is 11.3 Å². The Morgan fingerprint density at radius 1 is 1.44 bits per heavy atom. The highest BCUT2D eigenvalue weighted by molar-refractivity contribution is 7.99. The molecule has 2 aliphatic heterocycles. The summed E-state index contributed by atoms with van der Waals surface area (Å²) >= 11 is 1.53. The fraction of sp³-hybridized carbons (Fsp3) is 0.600. The van der Waals surface area contributed by atoms with Crippen molar-refractivity contribution in [1.29, 1.82) is 0 Å². The molecule has 5 heteroatoms. The Bertz CT molecular complexity index is 791. The Balaban J connectivity index is 1.74. The van der Waals surface area contributed by atoms with Crippen molar-refractivity contribution in [2.45, 2.75) is 43.2 Å². The second-order valence-corrected chi connectivity index (χ2v) is 8.85. The molecule has 1 aromatic rings. The summed E-state index contributed by atoms with van der Waals surface area (Å²) in [6.45, 7) is 0.996. The number of rotatable bonds is 3. The van der Waals surface area contributed by atoms with E-state index < -0.39 is 0 Å². The van der Waals surface area contributed by atoms with Crippen LogP contribution in [0.5, 0.6) is 5.75 Å². The fourth-order valence-electron chi connectivity index (χ4n) is 5.96. The van der Waals surface area contributed by atoms with E-state index in [9.17, 15) is 9.59 Å². The van der Waals surface area contributed by atoms with E-state index in [0.29, 0.717) is 29.7 Å². The molecule has 25 heavy (non-hydrogen) atoms. The highest BCUT2D eigenvalue weighted by atomic mass is 32.2. The minimum atomic E-state index is -0.375. The van der Waals surface area contributed by atoms with Gasteiger partial charge in [0.2, 0.25) is 0 Å². The zero-order chi connectivity index (χ0) is 17.3. The number of piperidine rings is 1. The Morgan fingerprint density at radius 3 is 3.08 bits per heavy atom. The first-order chi connectivity index (χ1) is 12.1. The summed E-state index contributed by atoms with van der Waals surface area (Å²) in [5.74, 6) is 2.00. The summed E-state index contributed by atoms with van der Waals surface area (Å²) in [7, 11) is 2.21. The molecule has 0 radical (unpaired) electrons. The molecule has 1 spiro atoms. The van der Waals surface area contributed by atoms with Crippen molar-refractivity contribution in [3.8, 4) is 5.75 Å². The van der Waals surface area contributed by atoms with Crippen molar-refractivity contribution in [1.82, 2.24) is 4.90 Å². The topological polar surface area (TPSA) is 46.6 Å². The van der Waals surface area contributed by atoms with Crippen molar-refractivity contribution in [2.75, 3.05) is 25.6 Å². The lowest BCUT2D eigenvalue weighted by Gasteiger charge is -2.57. The maximum atomic E-state index is 12.8. The van der Waals surface area contributed by atoms with Crippen LogP contribution in [0.4, 0.5) is 0 Å². The Labute approximate surface area is 152 Å². The van der Waals surface area contributed by atoms with Crippen LogP contribution in [-0.4, -0.2) is 54.2 Å². The number of nitrogens with zero attached hydrogens (tertiary/aromatic N) is 1. The Morgan fingerprint density at radius 2 is 2.28 bits per heavy atom. The van der Waals surface area contributed by atoms with Gasteiger partial charge in [-0.25, -0.2) is 0 Å². The molecule has 2 aliphatic carbocycles. The quantitative estimate of drug-likeness (QED) is 0.778. The van der Waals surface area contributed by atoms with Gasteiger partial charge in [-0.3, -0.25) is 9.59 Å². The van der Waals surface area contributed by atoms with Crippen LogP contribution in [0.1, 0.15) is 40.7 Å². The van der Waals surface area contributed by atoms with Gasteiger partial charge in [0.15, 0.2) is 17.7 Å². The number of hydrogen-bond donors (Lipinski definition) is 0. The predicted octanol–water partition coefficient (Wildman–Crippen LogP) is 2.47. The maximum absolute atomic E-state index is 12.8. The number of carbonyl (C=O) groups is 2. The average molecular weight is 357 g/mol. The van der Waals surface area contributed by atoms with Crippen LogP contribution in [0.3, 0.4) is 0 Å². The molecule has 1 aromatic carbocycles. The number of likely N-dealkylation sites (N-methyl/N-ethyl adjacent to an activating group) is 1. The lowest BCUT2D eigenvalue weighted by molar-refractivity contribution is -0.138. The van der Waals surface area contributed by atoms with E-state index in [-0.39, 0.29) is 23.1 Å². The van der Waals surface area contributed by atoms with E-state index in [1.54, 1.807) is 0 Å². The molecule has 2 fully saturated rings. The number of ketones is 2. The highest BCUT2D eigenvalue weighted by Crippen LogP contribution is 2.62. The molecule has 132 valence electrons. The zero-order valence-corrected chi connectivity index (χ0v) is 15.5. The molecular formula is C20H23NO3S. The third-order valence-corrected chi connectivity index (χ3v) is 7.53. The van der Waals surface area contributed by atoms with Crippen LogP contribution in [0.25, 0.3) is 0 Å². The number of carbonyl (C=O) groups excluding carboxylic acids is 2. The largest absolute Gasteiger partial charge is 0.481 e. The first-order valence-corrected chi connectivity index (χ1v) is 10.6. The van der Waals surface area contributed by atoms with Crippen LogP contribution in [0, 0.1) is 5.92 Å². The summed E-state index contributed by atoms with van der Waals surface area (Å²) in [4.78, 5) is 27.9.